The number of hydrogen-bond donors (Lipinski definition) is 1. The average molecular weight is 364 g/mol. The van der Waals surface area contributed by atoms with Crippen molar-refractivity contribution in [2.75, 3.05) is 51.3 Å². The molecule has 2 saturated heterocycles. The van der Waals surface area contributed by atoms with Crippen LogP contribution in [0.2, 0.25) is 0 Å². The smallest absolute Gasteiger partial charge is 0.240 e. The molecule has 0 radical (unpaired) electrons. The Morgan fingerprint density at radius 1 is 1.36 bits per heavy atom. The van der Waals surface area contributed by atoms with Crippen molar-refractivity contribution >= 4 is 32.6 Å². The highest BCUT2D eigenvalue weighted by atomic mass is 32.1. The van der Waals surface area contributed by atoms with Crippen LogP contribution in [-0.4, -0.2) is 72.7 Å². The summed E-state index contributed by atoms with van der Waals surface area (Å²) in [7, 11) is 0. The van der Waals surface area contributed by atoms with Gasteiger partial charge in [0.15, 0.2) is 5.13 Å². The van der Waals surface area contributed by atoms with E-state index in [1.54, 1.807) is 6.07 Å². The minimum Gasteiger partial charge on any atom is -0.380 e. The van der Waals surface area contributed by atoms with Crippen LogP contribution in [0.5, 0.6) is 0 Å². The molecular weight excluding hydrogens is 343 g/mol. The van der Waals surface area contributed by atoms with E-state index >= 15 is 0 Å². The summed E-state index contributed by atoms with van der Waals surface area (Å²) in [4.78, 5) is 21.2. The molecule has 0 spiro atoms. The van der Waals surface area contributed by atoms with E-state index in [0.29, 0.717) is 23.2 Å². The molecule has 0 saturated carbocycles. The molecule has 2 aliphatic heterocycles. The van der Waals surface area contributed by atoms with Gasteiger partial charge in [-0.25, -0.2) is 9.37 Å². The average Bonchev–Trinajstić information content (AvgIpc) is 3.24. The van der Waals surface area contributed by atoms with Gasteiger partial charge in [-0.1, -0.05) is 11.3 Å². The van der Waals surface area contributed by atoms with Gasteiger partial charge in [0.05, 0.1) is 23.4 Å². The van der Waals surface area contributed by atoms with Gasteiger partial charge in [-0.2, -0.15) is 0 Å². The molecule has 1 amide bonds. The van der Waals surface area contributed by atoms with E-state index < -0.39 is 0 Å². The second kappa shape index (κ2) is 7.33. The lowest BCUT2D eigenvalue weighted by atomic mass is 10.2. The van der Waals surface area contributed by atoms with Crippen LogP contribution in [0.3, 0.4) is 0 Å². The summed E-state index contributed by atoms with van der Waals surface area (Å²) in [6.45, 7) is 5.77. The van der Waals surface area contributed by atoms with Gasteiger partial charge in [0, 0.05) is 38.8 Å². The minimum atomic E-state index is -0.292. The standard InChI is InChI=1S/C17H21FN4O2S/c18-12-1-2-14-15(9-12)25-17(19-14)20-16(23)10-21-4-6-22(7-5-21)13-3-8-24-11-13/h1-2,9,13H,3-8,10-11H2,(H,19,20,23)/t13-/m0/s1. The highest BCUT2D eigenvalue weighted by Gasteiger charge is 2.27. The first-order chi connectivity index (χ1) is 12.2. The summed E-state index contributed by atoms with van der Waals surface area (Å²) in [5.41, 5.74) is 0.703. The van der Waals surface area contributed by atoms with Crippen molar-refractivity contribution in [3.05, 3.63) is 24.0 Å². The number of carbonyl (C=O) groups excluding carboxylic acids is 1. The molecule has 0 bridgehead atoms. The first-order valence-corrected chi connectivity index (χ1v) is 9.39. The molecule has 0 aliphatic carbocycles. The molecule has 2 aliphatic rings. The topological polar surface area (TPSA) is 57.7 Å². The van der Waals surface area contributed by atoms with Crippen LogP contribution in [0.1, 0.15) is 6.42 Å². The molecule has 3 heterocycles. The number of ether oxygens (including phenoxy) is 1. The molecular formula is C17H21FN4O2S. The van der Waals surface area contributed by atoms with Crippen LogP contribution >= 0.6 is 11.3 Å². The number of benzene rings is 1. The summed E-state index contributed by atoms with van der Waals surface area (Å²) in [5.74, 6) is -0.364. The van der Waals surface area contributed by atoms with E-state index in [1.807, 2.05) is 0 Å². The van der Waals surface area contributed by atoms with Crippen molar-refractivity contribution in [1.82, 2.24) is 14.8 Å². The largest absolute Gasteiger partial charge is 0.380 e. The Hall–Kier alpha value is -1.61. The fourth-order valence-corrected chi connectivity index (χ4v) is 4.32. The van der Waals surface area contributed by atoms with E-state index in [4.69, 9.17) is 4.74 Å². The molecule has 1 aromatic carbocycles. The Morgan fingerprint density at radius 2 is 2.20 bits per heavy atom. The number of halogens is 1. The normalized spacial score (nSPS) is 22.5. The van der Waals surface area contributed by atoms with E-state index in [2.05, 4.69) is 20.1 Å². The predicted octanol–water partition coefficient (Wildman–Crippen LogP) is 1.78. The van der Waals surface area contributed by atoms with E-state index in [9.17, 15) is 9.18 Å². The third-order valence-corrected chi connectivity index (χ3v) is 5.73. The quantitative estimate of drug-likeness (QED) is 0.896. The molecule has 134 valence electrons. The zero-order valence-corrected chi connectivity index (χ0v) is 14.7. The summed E-state index contributed by atoms with van der Waals surface area (Å²) in [6, 6.07) is 4.99. The molecule has 2 aromatic rings. The highest BCUT2D eigenvalue weighted by Crippen LogP contribution is 2.26. The SMILES string of the molecule is O=C(CN1CCN([C@H]2CCOC2)CC1)Nc1nc2ccc(F)cc2s1. The predicted molar refractivity (Wildman–Crippen MR) is 95.4 cm³/mol. The third-order valence-electron chi connectivity index (χ3n) is 4.79. The van der Waals surface area contributed by atoms with Crippen LogP contribution in [0.4, 0.5) is 9.52 Å². The Balaban J connectivity index is 1.28. The molecule has 0 unspecified atom stereocenters. The number of fused-ring (bicyclic) bond motifs is 1. The lowest BCUT2D eigenvalue weighted by Crippen LogP contribution is -2.52. The number of anilines is 1. The number of rotatable bonds is 4. The molecule has 2 fully saturated rings. The van der Waals surface area contributed by atoms with E-state index in [1.165, 1.54) is 23.5 Å². The van der Waals surface area contributed by atoms with Crippen molar-refractivity contribution in [3.8, 4) is 0 Å². The van der Waals surface area contributed by atoms with Gasteiger partial charge >= 0.3 is 0 Å². The van der Waals surface area contributed by atoms with Crippen molar-refractivity contribution in [1.29, 1.82) is 0 Å². The number of thiazole rings is 1. The number of hydrogen-bond acceptors (Lipinski definition) is 6. The van der Waals surface area contributed by atoms with Crippen molar-refractivity contribution in [3.63, 3.8) is 0 Å². The summed E-state index contributed by atoms with van der Waals surface area (Å²) >= 11 is 1.30. The maximum absolute atomic E-state index is 13.2. The molecule has 1 atom stereocenters. The van der Waals surface area contributed by atoms with Gasteiger partial charge in [-0.05, 0) is 24.6 Å². The highest BCUT2D eigenvalue weighted by molar-refractivity contribution is 7.22. The fourth-order valence-electron chi connectivity index (χ4n) is 3.41. The first-order valence-electron chi connectivity index (χ1n) is 8.57. The number of amides is 1. The molecule has 4 rings (SSSR count). The third kappa shape index (κ3) is 3.98. The van der Waals surface area contributed by atoms with Gasteiger partial charge in [0.25, 0.3) is 0 Å². The number of piperazine rings is 1. The van der Waals surface area contributed by atoms with Crippen LogP contribution in [0.25, 0.3) is 10.2 Å². The molecule has 25 heavy (non-hydrogen) atoms. The molecule has 1 aromatic heterocycles. The van der Waals surface area contributed by atoms with Gasteiger partial charge in [-0.3, -0.25) is 14.6 Å². The zero-order chi connectivity index (χ0) is 17.2. The van der Waals surface area contributed by atoms with Crippen LogP contribution in [0, 0.1) is 5.82 Å². The maximum atomic E-state index is 13.2. The monoisotopic (exact) mass is 364 g/mol. The van der Waals surface area contributed by atoms with Gasteiger partial charge in [0.1, 0.15) is 5.82 Å². The summed E-state index contributed by atoms with van der Waals surface area (Å²) in [6.07, 6.45) is 1.11. The lowest BCUT2D eigenvalue weighted by molar-refractivity contribution is -0.117. The lowest BCUT2D eigenvalue weighted by Gasteiger charge is -2.37. The fraction of sp³-hybridized carbons (Fsp3) is 0.529. The summed E-state index contributed by atoms with van der Waals surface area (Å²) < 4.78 is 19.4. The Morgan fingerprint density at radius 3 is 2.96 bits per heavy atom. The maximum Gasteiger partial charge on any atom is 0.240 e. The van der Waals surface area contributed by atoms with Crippen molar-refractivity contribution in [2.24, 2.45) is 0 Å². The Bertz CT molecular complexity index is 754. The molecule has 8 heteroatoms. The Kier molecular flexibility index (Phi) is 4.93. The van der Waals surface area contributed by atoms with Crippen molar-refractivity contribution in [2.45, 2.75) is 12.5 Å². The molecule has 1 N–H and O–H groups in total. The molecule has 6 nitrogen and oxygen atoms in total. The number of aromatic nitrogens is 1. The van der Waals surface area contributed by atoms with Crippen LogP contribution in [0.15, 0.2) is 18.2 Å². The van der Waals surface area contributed by atoms with Gasteiger partial charge in [-0.15, -0.1) is 0 Å². The van der Waals surface area contributed by atoms with Crippen LogP contribution in [-0.2, 0) is 9.53 Å². The number of nitrogens with zero attached hydrogens (tertiary/aromatic N) is 3. The second-order valence-corrected chi connectivity index (χ2v) is 7.54. The van der Waals surface area contributed by atoms with Crippen LogP contribution < -0.4 is 5.32 Å². The van der Waals surface area contributed by atoms with Crippen molar-refractivity contribution < 1.29 is 13.9 Å². The zero-order valence-electron chi connectivity index (χ0n) is 13.9. The second-order valence-electron chi connectivity index (χ2n) is 6.51. The first kappa shape index (κ1) is 16.8. The number of nitrogens with one attached hydrogen (secondary N) is 1. The van der Waals surface area contributed by atoms with Gasteiger partial charge in [0.2, 0.25) is 5.91 Å². The van der Waals surface area contributed by atoms with E-state index in [0.717, 1.165) is 50.5 Å². The Labute approximate surface area is 149 Å². The minimum absolute atomic E-state index is 0.0721. The summed E-state index contributed by atoms with van der Waals surface area (Å²) in [5, 5.41) is 3.36. The number of carbonyl (C=O) groups is 1. The van der Waals surface area contributed by atoms with E-state index in [-0.39, 0.29) is 11.7 Å². The van der Waals surface area contributed by atoms with Gasteiger partial charge < -0.3 is 10.1 Å².